The number of piperidine rings is 1. The van der Waals surface area contributed by atoms with Crippen LogP contribution in [0.3, 0.4) is 0 Å². The minimum Gasteiger partial charge on any atom is -0.468 e. The molecule has 30 heavy (non-hydrogen) atoms. The quantitative estimate of drug-likeness (QED) is 0.628. The molecule has 1 aliphatic heterocycles. The maximum Gasteiger partial charge on any atom is 0.325 e. The highest BCUT2D eigenvalue weighted by Crippen LogP contribution is 2.19. The Bertz CT molecular complexity index is 1020. The van der Waals surface area contributed by atoms with E-state index in [0.29, 0.717) is 15.0 Å². The first kappa shape index (κ1) is 22.5. The van der Waals surface area contributed by atoms with E-state index in [4.69, 9.17) is 4.74 Å². The molecule has 1 fully saturated rings. The van der Waals surface area contributed by atoms with E-state index in [-0.39, 0.29) is 30.0 Å². The van der Waals surface area contributed by atoms with Gasteiger partial charge in [0.05, 0.1) is 28.8 Å². The summed E-state index contributed by atoms with van der Waals surface area (Å²) in [6.07, 6.45) is 3.17. The fourth-order valence-electron chi connectivity index (χ4n) is 3.39. The maximum atomic E-state index is 13.6. The Kier molecular flexibility index (Phi) is 7.65. The van der Waals surface area contributed by atoms with E-state index in [9.17, 15) is 18.8 Å². The first-order valence-electron chi connectivity index (χ1n) is 9.69. The number of carbonyl (C=O) groups is 3. The second-order valence-electron chi connectivity index (χ2n) is 7.09. The second kappa shape index (κ2) is 10.2. The van der Waals surface area contributed by atoms with Gasteiger partial charge in [0.25, 0.3) is 5.91 Å². The van der Waals surface area contributed by atoms with Crippen molar-refractivity contribution < 1.29 is 23.5 Å². The summed E-state index contributed by atoms with van der Waals surface area (Å²) < 4.78 is 20.4. The van der Waals surface area contributed by atoms with E-state index < -0.39 is 17.7 Å². The fraction of sp³-hybridized carbons (Fsp3) is 0.500. The molecule has 1 aromatic heterocycles. The van der Waals surface area contributed by atoms with Crippen molar-refractivity contribution in [1.29, 1.82) is 0 Å². The number of methoxy groups -OCH3 is 1. The van der Waals surface area contributed by atoms with E-state index >= 15 is 0 Å². The van der Waals surface area contributed by atoms with Crippen LogP contribution in [0.2, 0.25) is 0 Å². The number of thioether (sulfide) groups is 1. The number of fused-ring (bicyclic) bond motifs is 1. The monoisotopic (exact) mass is 453 g/mol. The van der Waals surface area contributed by atoms with E-state index in [1.807, 2.05) is 11.8 Å². The number of likely N-dealkylation sites (tertiary alicyclic amines) is 1. The SMILES string of the molecule is COC(=O)Cn1c(=NC(=O)CSCC(=O)N2CCCCC2C)sc2cc(F)ccc21. The molecule has 0 spiro atoms. The van der Waals surface area contributed by atoms with Crippen LogP contribution in [0.1, 0.15) is 26.2 Å². The summed E-state index contributed by atoms with van der Waals surface area (Å²) in [5.41, 5.74) is 0.597. The zero-order valence-electron chi connectivity index (χ0n) is 16.9. The largest absolute Gasteiger partial charge is 0.468 e. The van der Waals surface area contributed by atoms with Crippen molar-refractivity contribution in [3.8, 4) is 0 Å². The van der Waals surface area contributed by atoms with Gasteiger partial charge in [-0.1, -0.05) is 11.3 Å². The zero-order chi connectivity index (χ0) is 21.7. The van der Waals surface area contributed by atoms with Gasteiger partial charge in [-0.2, -0.15) is 4.99 Å². The van der Waals surface area contributed by atoms with Crippen LogP contribution in [0.4, 0.5) is 4.39 Å². The molecule has 2 heterocycles. The minimum atomic E-state index is -0.497. The normalized spacial score (nSPS) is 17.4. The second-order valence-corrected chi connectivity index (χ2v) is 9.08. The summed E-state index contributed by atoms with van der Waals surface area (Å²) in [5.74, 6) is -1.00. The van der Waals surface area contributed by atoms with Gasteiger partial charge in [-0.25, -0.2) is 4.39 Å². The van der Waals surface area contributed by atoms with Crippen LogP contribution in [-0.4, -0.2) is 58.5 Å². The molecule has 0 saturated carbocycles. The highest BCUT2D eigenvalue weighted by molar-refractivity contribution is 8.00. The average molecular weight is 454 g/mol. The fourth-order valence-corrected chi connectivity index (χ4v) is 5.15. The summed E-state index contributed by atoms with van der Waals surface area (Å²) in [6, 6.07) is 4.41. The lowest BCUT2D eigenvalue weighted by molar-refractivity contribution is -0.141. The average Bonchev–Trinajstić information content (AvgIpc) is 3.03. The molecular weight excluding hydrogens is 429 g/mol. The molecule has 2 aromatic rings. The number of thiazole rings is 1. The summed E-state index contributed by atoms with van der Waals surface area (Å²) in [4.78, 5) is 42.8. The molecule has 10 heteroatoms. The third kappa shape index (κ3) is 5.48. The highest BCUT2D eigenvalue weighted by Gasteiger charge is 2.23. The van der Waals surface area contributed by atoms with Gasteiger partial charge in [-0.15, -0.1) is 11.8 Å². The smallest absolute Gasteiger partial charge is 0.325 e. The van der Waals surface area contributed by atoms with Gasteiger partial charge >= 0.3 is 5.97 Å². The molecule has 1 unspecified atom stereocenters. The predicted molar refractivity (Wildman–Crippen MR) is 115 cm³/mol. The number of amides is 2. The number of nitrogens with zero attached hydrogens (tertiary/aromatic N) is 3. The first-order chi connectivity index (χ1) is 14.4. The lowest BCUT2D eigenvalue weighted by atomic mass is 10.0. The van der Waals surface area contributed by atoms with Crippen molar-refractivity contribution in [2.45, 2.75) is 38.8 Å². The van der Waals surface area contributed by atoms with Crippen LogP contribution < -0.4 is 4.80 Å². The molecule has 0 aliphatic carbocycles. The van der Waals surface area contributed by atoms with Crippen LogP contribution in [-0.2, 0) is 25.7 Å². The number of halogens is 1. The Labute approximate surface area is 181 Å². The van der Waals surface area contributed by atoms with Gasteiger partial charge in [0.15, 0.2) is 4.80 Å². The molecule has 7 nitrogen and oxygen atoms in total. The van der Waals surface area contributed by atoms with Gasteiger partial charge in [0.2, 0.25) is 5.91 Å². The Balaban J connectivity index is 1.70. The molecule has 3 rings (SSSR count). The Morgan fingerprint density at radius 2 is 2.10 bits per heavy atom. The van der Waals surface area contributed by atoms with E-state index in [1.165, 1.54) is 35.6 Å². The number of hydrogen-bond donors (Lipinski definition) is 0. The lowest BCUT2D eigenvalue weighted by Crippen LogP contribution is -2.43. The molecule has 2 amide bonds. The number of carbonyl (C=O) groups excluding carboxylic acids is 3. The number of aromatic nitrogens is 1. The maximum absolute atomic E-state index is 13.6. The Morgan fingerprint density at radius 1 is 1.30 bits per heavy atom. The Morgan fingerprint density at radius 3 is 2.83 bits per heavy atom. The van der Waals surface area contributed by atoms with Crippen molar-refractivity contribution in [3.63, 3.8) is 0 Å². The van der Waals surface area contributed by atoms with Crippen molar-refractivity contribution in [2.24, 2.45) is 4.99 Å². The molecular formula is C20H24FN3O4S2. The Hall–Kier alpha value is -2.20. The van der Waals surface area contributed by atoms with Gasteiger partial charge in [-0.05, 0) is 44.4 Å². The van der Waals surface area contributed by atoms with Crippen molar-refractivity contribution in [3.05, 3.63) is 28.8 Å². The van der Waals surface area contributed by atoms with Crippen molar-refractivity contribution in [2.75, 3.05) is 25.2 Å². The van der Waals surface area contributed by atoms with Crippen LogP contribution >= 0.6 is 23.1 Å². The van der Waals surface area contributed by atoms with E-state index in [0.717, 1.165) is 37.1 Å². The standard InChI is InChI=1S/C20H24FN3O4S2/c1-13-5-3-4-8-23(13)18(26)12-29-11-17(25)22-20-24(10-19(27)28-2)15-7-6-14(21)9-16(15)30-20/h6-7,9,13H,3-5,8,10-12H2,1-2H3. The summed E-state index contributed by atoms with van der Waals surface area (Å²) in [7, 11) is 1.27. The molecule has 1 saturated heterocycles. The van der Waals surface area contributed by atoms with E-state index in [2.05, 4.69) is 4.99 Å². The lowest BCUT2D eigenvalue weighted by Gasteiger charge is -2.33. The third-order valence-electron chi connectivity index (χ3n) is 4.95. The van der Waals surface area contributed by atoms with Gasteiger partial charge in [0, 0.05) is 12.6 Å². The predicted octanol–water partition coefficient (Wildman–Crippen LogP) is 2.58. The molecule has 162 valence electrons. The van der Waals surface area contributed by atoms with Gasteiger partial charge in [0.1, 0.15) is 12.4 Å². The zero-order valence-corrected chi connectivity index (χ0v) is 18.6. The number of ether oxygens (including phenoxy) is 1. The molecule has 1 atom stereocenters. The summed E-state index contributed by atoms with van der Waals surface area (Å²) in [6.45, 7) is 2.68. The van der Waals surface area contributed by atoms with Crippen LogP contribution in [0.15, 0.2) is 23.2 Å². The number of rotatable bonds is 6. The van der Waals surface area contributed by atoms with E-state index in [1.54, 1.807) is 6.07 Å². The van der Waals surface area contributed by atoms with Crippen molar-refractivity contribution in [1.82, 2.24) is 9.47 Å². The first-order valence-corrected chi connectivity index (χ1v) is 11.7. The molecule has 0 bridgehead atoms. The number of esters is 1. The summed E-state index contributed by atoms with van der Waals surface area (Å²) >= 11 is 2.35. The van der Waals surface area contributed by atoms with Crippen LogP contribution in [0.5, 0.6) is 0 Å². The molecule has 1 aliphatic rings. The third-order valence-corrected chi connectivity index (χ3v) is 6.90. The number of hydrogen-bond acceptors (Lipinski definition) is 6. The van der Waals surface area contributed by atoms with Crippen molar-refractivity contribution >= 4 is 51.1 Å². The highest BCUT2D eigenvalue weighted by atomic mass is 32.2. The van der Waals surface area contributed by atoms with Crippen LogP contribution in [0.25, 0.3) is 10.2 Å². The van der Waals surface area contributed by atoms with Gasteiger partial charge in [-0.3, -0.25) is 14.4 Å². The topological polar surface area (TPSA) is 81.0 Å². The molecule has 0 N–H and O–H groups in total. The molecule has 0 radical (unpaired) electrons. The summed E-state index contributed by atoms with van der Waals surface area (Å²) in [5, 5.41) is 0. The molecule has 1 aromatic carbocycles. The van der Waals surface area contributed by atoms with Crippen LogP contribution in [0, 0.1) is 5.82 Å². The minimum absolute atomic E-state index is 0.0399. The number of benzene rings is 1. The van der Waals surface area contributed by atoms with Gasteiger partial charge < -0.3 is 14.2 Å².